The molecule has 2 N–H and O–H groups in total. The standard InChI is InChI=1S/C14H19N3O2/c1-3-7-16-13(18)11-5-4-10-6-8-17(12(10)9-11)14(19)15-2/h4-5,9H,3,6-8H2,1-2H3,(H,15,19)(H,16,18). The van der Waals surface area contributed by atoms with E-state index in [-0.39, 0.29) is 11.9 Å². The van der Waals surface area contributed by atoms with Crippen molar-refractivity contribution in [1.82, 2.24) is 10.6 Å². The SMILES string of the molecule is CCCNC(=O)c1ccc2c(c1)N(C(=O)NC)CC2. The average molecular weight is 261 g/mol. The average Bonchev–Trinajstić information content (AvgIpc) is 2.86. The fourth-order valence-electron chi connectivity index (χ4n) is 2.21. The van der Waals surface area contributed by atoms with E-state index in [1.54, 1.807) is 18.0 Å². The lowest BCUT2D eigenvalue weighted by Crippen LogP contribution is -2.36. The molecule has 0 atom stereocenters. The molecule has 0 aliphatic carbocycles. The third-order valence-electron chi connectivity index (χ3n) is 3.24. The maximum absolute atomic E-state index is 11.9. The molecular weight excluding hydrogens is 242 g/mol. The third kappa shape index (κ3) is 2.70. The maximum Gasteiger partial charge on any atom is 0.321 e. The molecule has 1 aliphatic rings. The molecule has 2 rings (SSSR count). The molecule has 0 unspecified atom stereocenters. The van der Waals surface area contributed by atoms with Crippen molar-refractivity contribution in [3.8, 4) is 0 Å². The van der Waals surface area contributed by atoms with Crippen LogP contribution in [0.2, 0.25) is 0 Å². The van der Waals surface area contributed by atoms with Gasteiger partial charge >= 0.3 is 6.03 Å². The van der Waals surface area contributed by atoms with Crippen molar-refractivity contribution in [2.45, 2.75) is 19.8 Å². The number of amides is 3. The van der Waals surface area contributed by atoms with Crippen molar-refractivity contribution in [2.24, 2.45) is 0 Å². The highest BCUT2D eigenvalue weighted by Crippen LogP contribution is 2.29. The Morgan fingerprint density at radius 1 is 1.37 bits per heavy atom. The number of anilines is 1. The number of carbonyl (C=O) groups is 2. The van der Waals surface area contributed by atoms with Gasteiger partial charge in [-0.05, 0) is 30.5 Å². The van der Waals surface area contributed by atoms with Gasteiger partial charge in [-0.2, -0.15) is 0 Å². The first-order valence-electron chi connectivity index (χ1n) is 6.57. The molecule has 19 heavy (non-hydrogen) atoms. The van der Waals surface area contributed by atoms with Crippen molar-refractivity contribution in [2.75, 3.05) is 25.0 Å². The summed E-state index contributed by atoms with van der Waals surface area (Å²) >= 11 is 0. The number of nitrogens with one attached hydrogen (secondary N) is 2. The molecule has 0 radical (unpaired) electrons. The molecule has 0 bridgehead atoms. The van der Waals surface area contributed by atoms with E-state index >= 15 is 0 Å². The lowest BCUT2D eigenvalue weighted by Gasteiger charge is -2.17. The summed E-state index contributed by atoms with van der Waals surface area (Å²) in [6, 6.07) is 5.41. The summed E-state index contributed by atoms with van der Waals surface area (Å²) in [7, 11) is 1.61. The molecule has 1 aromatic carbocycles. The molecule has 1 heterocycles. The molecule has 5 heteroatoms. The van der Waals surface area contributed by atoms with Crippen molar-refractivity contribution in [3.63, 3.8) is 0 Å². The summed E-state index contributed by atoms with van der Waals surface area (Å²) in [5.74, 6) is -0.0894. The zero-order valence-electron chi connectivity index (χ0n) is 11.3. The predicted octanol–water partition coefficient (Wildman–Crippen LogP) is 1.53. The van der Waals surface area contributed by atoms with E-state index in [0.29, 0.717) is 18.7 Å². The summed E-state index contributed by atoms with van der Waals surface area (Å²) in [5, 5.41) is 5.46. The topological polar surface area (TPSA) is 61.4 Å². The smallest absolute Gasteiger partial charge is 0.321 e. The van der Waals surface area contributed by atoms with Crippen LogP contribution in [0.4, 0.5) is 10.5 Å². The van der Waals surface area contributed by atoms with E-state index < -0.39 is 0 Å². The van der Waals surface area contributed by atoms with Gasteiger partial charge in [0.15, 0.2) is 0 Å². The number of benzene rings is 1. The summed E-state index contributed by atoms with van der Waals surface area (Å²) in [4.78, 5) is 25.3. The number of fused-ring (bicyclic) bond motifs is 1. The highest BCUT2D eigenvalue weighted by Gasteiger charge is 2.24. The quantitative estimate of drug-likeness (QED) is 0.866. The molecule has 0 saturated carbocycles. The monoisotopic (exact) mass is 261 g/mol. The summed E-state index contributed by atoms with van der Waals surface area (Å²) < 4.78 is 0. The summed E-state index contributed by atoms with van der Waals surface area (Å²) in [5.41, 5.74) is 2.54. The van der Waals surface area contributed by atoms with Gasteiger partial charge in [-0.3, -0.25) is 9.69 Å². The number of hydrogen-bond donors (Lipinski definition) is 2. The molecule has 0 spiro atoms. The second-order valence-corrected chi connectivity index (χ2v) is 4.56. The van der Waals surface area contributed by atoms with Crippen LogP contribution < -0.4 is 15.5 Å². The number of carbonyl (C=O) groups excluding carboxylic acids is 2. The highest BCUT2D eigenvalue weighted by molar-refractivity contribution is 5.99. The van der Waals surface area contributed by atoms with Gasteiger partial charge in [0.2, 0.25) is 0 Å². The Hall–Kier alpha value is -2.04. The number of hydrogen-bond acceptors (Lipinski definition) is 2. The van der Waals surface area contributed by atoms with Crippen LogP contribution in [0, 0.1) is 0 Å². The molecule has 1 aromatic rings. The molecule has 0 fully saturated rings. The molecule has 5 nitrogen and oxygen atoms in total. The lowest BCUT2D eigenvalue weighted by molar-refractivity contribution is 0.0953. The molecule has 102 valence electrons. The zero-order chi connectivity index (χ0) is 13.8. The first kappa shape index (κ1) is 13.4. The molecule has 0 aromatic heterocycles. The first-order chi connectivity index (χ1) is 9.17. The van der Waals surface area contributed by atoms with E-state index in [2.05, 4.69) is 10.6 Å². The maximum atomic E-state index is 11.9. The number of nitrogens with zero attached hydrogens (tertiary/aromatic N) is 1. The van der Waals surface area contributed by atoms with Gasteiger partial charge in [-0.25, -0.2) is 4.79 Å². The van der Waals surface area contributed by atoms with Crippen molar-refractivity contribution in [1.29, 1.82) is 0 Å². The van der Waals surface area contributed by atoms with E-state index in [0.717, 1.165) is 24.1 Å². The van der Waals surface area contributed by atoms with Crippen LogP contribution in [0.1, 0.15) is 29.3 Å². The van der Waals surface area contributed by atoms with Gasteiger partial charge in [-0.1, -0.05) is 13.0 Å². The van der Waals surface area contributed by atoms with Gasteiger partial charge < -0.3 is 10.6 Å². The van der Waals surface area contributed by atoms with Crippen LogP contribution >= 0.6 is 0 Å². The minimum atomic E-state index is -0.134. The van der Waals surface area contributed by atoms with E-state index in [1.807, 2.05) is 19.1 Å². The van der Waals surface area contributed by atoms with Gasteiger partial charge in [0.1, 0.15) is 0 Å². The predicted molar refractivity (Wildman–Crippen MR) is 74.6 cm³/mol. The van der Waals surface area contributed by atoms with Crippen LogP contribution in [0.3, 0.4) is 0 Å². The number of urea groups is 1. The molecule has 3 amide bonds. The van der Waals surface area contributed by atoms with E-state index in [9.17, 15) is 9.59 Å². The fourth-order valence-corrected chi connectivity index (χ4v) is 2.21. The Morgan fingerprint density at radius 2 is 2.16 bits per heavy atom. The first-order valence-corrected chi connectivity index (χ1v) is 6.57. The van der Waals surface area contributed by atoms with Gasteiger partial charge in [-0.15, -0.1) is 0 Å². The Morgan fingerprint density at radius 3 is 2.84 bits per heavy atom. The highest BCUT2D eigenvalue weighted by atomic mass is 16.2. The Bertz CT molecular complexity index is 499. The second kappa shape index (κ2) is 5.73. The molecular formula is C14H19N3O2. The minimum Gasteiger partial charge on any atom is -0.352 e. The van der Waals surface area contributed by atoms with Crippen LogP contribution in [-0.2, 0) is 6.42 Å². The second-order valence-electron chi connectivity index (χ2n) is 4.56. The van der Waals surface area contributed by atoms with E-state index in [4.69, 9.17) is 0 Å². The van der Waals surface area contributed by atoms with Gasteiger partial charge in [0.25, 0.3) is 5.91 Å². The van der Waals surface area contributed by atoms with Gasteiger partial charge in [0, 0.05) is 31.4 Å². The molecule has 0 saturated heterocycles. The zero-order valence-corrected chi connectivity index (χ0v) is 11.3. The lowest BCUT2D eigenvalue weighted by atomic mass is 10.1. The van der Waals surface area contributed by atoms with Gasteiger partial charge in [0.05, 0.1) is 0 Å². The summed E-state index contributed by atoms with van der Waals surface area (Å²) in [6.07, 6.45) is 1.74. The van der Waals surface area contributed by atoms with Crippen LogP contribution in [0.15, 0.2) is 18.2 Å². The Labute approximate surface area is 113 Å². The van der Waals surface area contributed by atoms with Crippen LogP contribution in [0.5, 0.6) is 0 Å². The van der Waals surface area contributed by atoms with Crippen LogP contribution in [0.25, 0.3) is 0 Å². The van der Waals surface area contributed by atoms with Crippen molar-refractivity contribution >= 4 is 17.6 Å². The fraction of sp³-hybridized carbons (Fsp3) is 0.429. The largest absolute Gasteiger partial charge is 0.352 e. The minimum absolute atomic E-state index is 0.0894. The summed E-state index contributed by atoms with van der Waals surface area (Å²) in [6.45, 7) is 3.33. The molecule has 1 aliphatic heterocycles. The normalized spacial score (nSPS) is 13.1. The van der Waals surface area contributed by atoms with Crippen molar-refractivity contribution < 1.29 is 9.59 Å². The van der Waals surface area contributed by atoms with Crippen molar-refractivity contribution in [3.05, 3.63) is 29.3 Å². The third-order valence-corrected chi connectivity index (χ3v) is 3.24. The number of rotatable bonds is 3. The van der Waals surface area contributed by atoms with Crippen LogP contribution in [-0.4, -0.2) is 32.1 Å². The Balaban J connectivity index is 2.23. The van der Waals surface area contributed by atoms with E-state index in [1.165, 1.54) is 0 Å². The Kier molecular flexibility index (Phi) is 4.04.